The van der Waals surface area contributed by atoms with Crippen molar-refractivity contribution >= 4 is 33.5 Å². The van der Waals surface area contributed by atoms with Gasteiger partial charge in [-0.3, -0.25) is 10.1 Å². The number of nitrogens with one attached hydrogen (secondary N) is 1. The lowest BCUT2D eigenvalue weighted by Crippen LogP contribution is -2.13. The van der Waals surface area contributed by atoms with E-state index in [4.69, 9.17) is 9.47 Å². The lowest BCUT2D eigenvalue weighted by molar-refractivity contribution is -0.384. The van der Waals surface area contributed by atoms with E-state index in [9.17, 15) is 14.9 Å². The first-order valence-electron chi connectivity index (χ1n) is 8.97. The molecule has 0 atom stereocenters. The number of aromatic amines is 1. The Kier molecular flexibility index (Phi) is 4.59. The van der Waals surface area contributed by atoms with E-state index in [-0.39, 0.29) is 23.4 Å². The predicted molar refractivity (Wildman–Crippen MR) is 107 cm³/mol. The number of aromatic nitrogens is 2. The van der Waals surface area contributed by atoms with E-state index in [0.717, 1.165) is 16.3 Å². The summed E-state index contributed by atoms with van der Waals surface area (Å²) >= 11 is 0. The summed E-state index contributed by atoms with van der Waals surface area (Å²) in [6, 6.07) is 15.0. The van der Waals surface area contributed by atoms with Crippen molar-refractivity contribution in [2.24, 2.45) is 0 Å². The number of non-ortho nitro benzene ring substituents is 1. The number of hydrogen-bond acceptors (Lipinski definition) is 6. The minimum Gasteiger partial charge on any atom is -0.458 e. The van der Waals surface area contributed by atoms with Gasteiger partial charge in [-0.25, -0.2) is 9.78 Å². The molecule has 0 radical (unpaired) electrons. The van der Waals surface area contributed by atoms with Crippen LogP contribution in [0.4, 0.5) is 5.69 Å². The van der Waals surface area contributed by atoms with Crippen LogP contribution >= 0.6 is 0 Å². The Hall–Kier alpha value is -3.94. The number of pyridine rings is 1. The molecule has 0 aliphatic heterocycles. The number of hydrogen-bond donors (Lipinski definition) is 1. The first kappa shape index (κ1) is 18.4. The first-order chi connectivity index (χ1) is 13.9. The molecule has 4 aromatic rings. The monoisotopic (exact) mass is 391 g/mol. The Balaban J connectivity index is 1.84. The van der Waals surface area contributed by atoms with E-state index in [2.05, 4.69) is 9.97 Å². The fourth-order valence-corrected chi connectivity index (χ4v) is 3.02. The van der Waals surface area contributed by atoms with Crippen LogP contribution in [0.3, 0.4) is 0 Å². The second-order valence-corrected chi connectivity index (χ2v) is 6.71. The lowest BCUT2D eigenvalue weighted by atomic mass is 10.1. The Morgan fingerprint density at radius 1 is 1.10 bits per heavy atom. The summed E-state index contributed by atoms with van der Waals surface area (Å²) in [6.45, 7) is 3.52. The fraction of sp³-hybridized carbons (Fsp3) is 0.143. The lowest BCUT2D eigenvalue weighted by Gasteiger charge is -2.10. The number of carbonyl (C=O) groups is 1. The third-order valence-corrected chi connectivity index (χ3v) is 4.28. The summed E-state index contributed by atoms with van der Waals surface area (Å²) in [4.78, 5) is 30.4. The Morgan fingerprint density at radius 2 is 1.83 bits per heavy atom. The molecule has 4 rings (SSSR count). The van der Waals surface area contributed by atoms with Gasteiger partial charge in [0.25, 0.3) is 5.69 Å². The van der Waals surface area contributed by atoms with Crippen LogP contribution in [-0.4, -0.2) is 27.0 Å². The molecule has 0 fully saturated rings. The predicted octanol–water partition coefficient (Wildman–Crippen LogP) is 4.98. The largest absolute Gasteiger partial charge is 0.458 e. The van der Waals surface area contributed by atoms with E-state index >= 15 is 0 Å². The van der Waals surface area contributed by atoms with E-state index in [0.29, 0.717) is 11.3 Å². The van der Waals surface area contributed by atoms with Gasteiger partial charge in [-0.2, -0.15) is 0 Å². The molecule has 2 aromatic heterocycles. The maximum absolute atomic E-state index is 12.5. The highest BCUT2D eigenvalue weighted by Crippen LogP contribution is 2.34. The first-order valence-corrected chi connectivity index (χ1v) is 8.97. The Labute approximate surface area is 165 Å². The molecule has 29 heavy (non-hydrogen) atoms. The number of rotatable bonds is 5. The highest BCUT2D eigenvalue weighted by molar-refractivity contribution is 6.10. The van der Waals surface area contributed by atoms with Gasteiger partial charge < -0.3 is 14.5 Å². The minimum absolute atomic E-state index is 0.0460. The van der Waals surface area contributed by atoms with Crippen LogP contribution in [0.1, 0.15) is 24.3 Å². The van der Waals surface area contributed by atoms with Crippen molar-refractivity contribution in [2.75, 3.05) is 0 Å². The second kappa shape index (κ2) is 7.23. The minimum atomic E-state index is -0.555. The van der Waals surface area contributed by atoms with Gasteiger partial charge in [-0.05, 0) is 38.1 Å². The number of carbonyl (C=O) groups excluding carboxylic acids is 1. The van der Waals surface area contributed by atoms with E-state index in [1.165, 1.54) is 24.3 Å². The van der Waals surface area contributed by atoms with Crippen molar-refractivity contribution < 1.29 is 19.2 Å². The van der Waals surface area contributed by atoms with Crippen molar-refractivity contribution in [3.63, 3.8) is 0 Å². The normalized spacial score (nSPS) is 11.1. The molecule has 0 saturated carbocycles. The molecule has 0 unspecified atom stereocenters. The molecule has 0 bridgehead atoms. The zero-order chi connectivity index (χ0) is 20.5. The highest BCUT2D eigenvalue weighted by Gasteiger charge is 2.19. The van der Waals surface area contributed by atoms with Crippen molar-refractivity contribution in [1.29, 1.82) is 0 Å². The van der Waals surface area contributed by atoms with Gasteiger partial charge in [0.1, 0.15) is 11.3 Å². The topological polar surface area (TPSA) is 107 Å². The van der Waals surface area contributed by atoms with Gasteiger partial charge in [-0.15, -0.1) is 0 Å². The molecule has 146 valence electrons. The SMILES string of the molecule is CC(C)OC(=O)c1cc2c([nH]c3ccccc32)c(Oc2ccc([N+](=O)[O-])cc2)n1. The van der Waals surface area contributed by atoms with Gasteiger partial charge >= 0.3 is 5.97 Å². The molecule has 0 saturated heterocycles. The number of esters is 1. The van der Waals surface area contributed by atoms with Crippen LogP contribution in [0.15, 0.2) is 54.6 Å². The Bertz CT molecular complexity index is 1230. The van der Waals surface area contributed by atoms with E-state index in [1.54, 1.807) is 19.9 Å². The number of ether oxygens (including phenoxy) is 2. The van der Waals surface area contributed by atoms with Crippen LogP contribution in [0.25, 0.3) is 21.8 Å². The zero-order valence-corrected chi connectivity index (χ0v) is 15.7. The molecule has 0 aliphatic rings. The maximum atomic E-state index is 12.5. The van der Waals surface area contributed by atoms with Gasteiger partial charge in [0, 0.05) is 28.4 Å². The average molecular weight is 391 g/mol. The molecule has 0 spiro atoms. The van der Waals surface area contributed by atoms with Crippen LogP contribution in [0.5, 0.6) is 11.6 Å². The molecule has 2 aromatic carbocycles. The molecule has 8 nitrogen and oxygen atoms in total. The quantitative estimate of drug-likeness (QED) is 0.292. The number of benzene rings is 2. The summed E-state index contributed by atoms with van der Waals surface area (Å²) in [5.41, 5.74) is 1.56. The number of para-hydroxylation sites is 1. The van der Waals surface area contributed by atoms with Crippen molar-refractivity contribution in [1.82, 2.24) is 9.97 Å². The molecule has 1 N–H and O–H groups in total. The molecular formula is C21H17N3O5. The standard InChI is InChI=1S/C21H17N3O5/c1-12(2)28-21(25)18-11-16-15-5-3-4-6-17(15)22-19(16)20(23-18)29-14-9-7-13(8-10-14)24(26)27/h3-12,22H,1-2H3. The summed E-state index contributed by atoms with van der Waals surface area (Å²) in [5, 5.41) is 12.5. The molecule has 8 heteroatoms. The van der Waals surface area contributed by atoms with E-state index < -0.39 is 10.9 Å². The number of nitrogens with zero attached hydrogens (tertiary/aromatic N) is 2. The smallest absolute Gasteiger partial charge is 0.357 e. The Morgan fingerprint density at radius 3 is 2.52 bits per heavy atom. The van der Waals surface area contributed by atoms with Crippen molar-refractivity contribution in [3.8, 4) is 11.6 Å². The second-order valence-electron chi connectivity index (χ2n) is 6.71. The van der Waals surface area contributed by atoms with E-state index in [1.807, 2.05) is 24.3 Å². The molecule has 0 aliphatic carbocycles. The summed E-state index contributed by atoms with van der Waals surface area (Å²) in [6.07, 6.45) is -0.290. The van der Waals surface area contributed by atoms with Crippen LogP contribution in [-0.2, 0) is 4.74 Å². The molecular weight excluding hydrogens is 374 g/mol. The highest BCUT2D eigenvalue weighted by atomic mass is 16.6. The fourth-order valence-electron chi connectivity index (χ4n) is 3.02. The summed E-state index contributed by atoms with van der Waals surface area (Å²) in [5.74, 6) is -0.0126. The average Bonchev–Trinajstić information content (AvgIpc) is 3.07. The summed E-state index contributed by atoms with van der Waals surface area (Å²) in [7, 11) is 0. The van der Waals surface area contributed by atoms with Crippen molar-refractivity contribution in [3.05, 3.63) is 70.4 Å². The third-order valence-electron chi connectivity index (χ3n) is 4.28. The van der Waals surface area contributed by atoms with Crippen molar-refractivity contribution in [2.45, 2.75) is 20.0 Å². The molecule has 0 amide bonds. The third kappa shape index (κ3) is 3.60. The number of H-pyrrole nitrogens is 1. The number of nitro groups is 1. The van der Waals surface area contributed by atoms with Gasteiger partial charge in [-0.1, -0.05) is 18.2 Å². The van der Waals surface area contributed by atoms with Crippen LogP contribution in [0, 0.1) is 10.1 Å². The number of fused-ring (bicyclic) bond motifs is 3. The van der Waals surface area contributed by atoms with Gasteiger partial charge in [0.2, 0.25) is 5.88 Å². The maximum Gasteiger partial charge on any atom is 0.357 e. The van der Waals surface area contributed by atoms with Crippen LogP contribution < -0.4 is 4.74 Å². The van der Waals surface area contributed by atoms with Crippen LogP contribution in [0.2, 0.25) is 0 Å². The summed E-state index contributed by atoms with van der Waals surface area (Å²) < 4.78 is 11.2. The molecule has 2 heterocycles. The van der Waals surface area contributed by atoms with Gasteiger partial charge in [0.05, 0.1) is 11.0 Å². The zero-order valence-electron chi connectivity index (χ0n) is 15.7. The van der Waals surface area contributed by atoms with Gasteiger partial charge in [0.15, 0.2) is 5.69 Å². The number of nitro benzene ring substituents is 1.